The highest BCUT2D eigenvalue weighted by molar-refractivity contribution is 7.12. The molecule has 0 unspecified atom stereocenters. The van der Waals surface area contributed by atoms with Crippen LogP contribution in [0.5, 0.6) is 0 Å². The fourth-order valence-corrected chi connectivity index (χ4v) is 1.87. The molecule has 2 rings (SSSR count). The third-order valence-corrected chi connectivity index (χ3v) is 2.88. The van der Waals surface area contributed by atoms with Gasteiger partial charge in [-0.3, -0.25) is 4.79 Å². The number of carboxylic acids is 1. The van der Waals surface area contributed by atoms with Gasteiger partial charge in [-0.1, -0.05) is 6.07 Å². The summed E-state index contributed by atoms with van der Waals surface area (Å²) in [6.07, 6.45) is 1.43. The van der Waals surface area contributed by atoms with Gasteiger partial charge in [0, 0.05) is 6.20 Å². The number of carbonyl (C=O) groups excluding carboxylic acids is 1. The number of anilines is 1. The molecule has 0 aliphatic carbocycles. The number of amides is 1. The van der Waals surface area contributed by atoms with E-state index < -0.39 is 5.97 Å². The standard InChI is InChI=1S/C11H8N2O3S/c14-10(8-4-2-6-17-8)13-9-7(11(15)16)3-1-5-12-9/h1-6H,(H,15,16)(H,12,13,14). The molecule has 6 heteroatoms. The third-order valence-electron chi connectivity index (χ3n) is 2.02. The van der Waals surface area contributed by atoms with Crippen LogP contribution in [0.1, 0.15) is 20.0 Å². The molecule has 0 radical (unpaired) electrons. The Bertz CT molecular complexity index is 552. The summed E-state index contributed by atoms with van der Waals surface area (Å²) in [5.41, 5.74) is -0.0302. The minimum absolute atomic E-state index is 0.0302. The molecule has 0 spiro atoms. The molecule has 0 aromatic carbocycles. The van der Waals surface area contributed by atoms with Gasteiger partial charge in [-0.05, 0) is 23.6 Å². The van der Waals surface area contributed by atoms with E-state index in [-0.39, 0.29) is 17.3 Å². The quantitative estimate of drug-likeness (QED) is 0.871. The van der Waals surface area contributed by atoms with Crippen molar-refractivity contribution in [3.63, 3.8) is 0 Å². The van der Waals surface area contributed by atoms with Gasteiger partial charge in [0.15, 0.2) is 0 Å². The van der Waals surface area contributed by atoms with E-state index in [9.17, 15) is 9.59 Å². The molecular formula is C11H8N2O3S. The minimum Gasteiger partial charge on any atom is -0.478 e. The van der Waals surface area contributed by atoms with E-state index in [2.05, 4.69) is 10.3 Å². The van der Waals surface area contributed by atoms with Gasteiger partial charge in [0.25, 0.3) is 5.91 Å². The van der Waals surface area contributed by atoms with Crippen LogP contribution >= 0.6 is 11.3 Å². The van der Waals surface area contributed by atoms with Crippen molar-refractivity contribution >= 4 is 29.0 Å². The number of aromatic nitrogens is 1. The molecule has 0 saturated carbocycles. The first-order chi connectivity index (χ1) is 8.18. The predicted octanol–water partition coefficient (Wildman–Crippen LogP) is 2.09. The molecule has 0 bridgehead atoms. The highest BCUT2D eigenvalue weighted by Gasteiger charge is 2.14. The van der Waals surface area contributed by atoms with Crippen molar-refractivity contribution < 1.29 is 14.7 Å². The molecule has 0 fully saturated rings. The van der Waals surface area contributed by atoms with Gasteiger partial charge in [0.1, 0.15) is 11.4 Å². The van der Waals surface area contributed by atoms with E-state index in [4.69, 9.17) is 5.11 Å². The summed E-state index contributed by atoms with van der Waals surface area (Å²) < 4.78 is 0. The molecule has 2 N–H and O–H groups in total. The monoisotopic (exact) mass is 248 g/mol. The summed E-state index contributed by atoms with van der Waals surface area (Å²) in [7, 11) is 0. The van der Waals surface area contributed by atoms with Gasteiger partial charge in [-0.2, -0.15) is 0 Å². The predicted molar refractivity (Wildman–Crippen MR) is 63.5 cm³/mol. The second-order valence-electron chi connectivity index (χ2n) is 3.14. The van der Waals surface area contributed by atoms with Crippen molar-refractivity contribution in [1.82, 2.24) is 4.98 Å². The Balaban J connectivity index is 2.25. The zero-order valence-corrected chi connectivity index (χ0v) is 9.40. The zero-order chi connectivity index (χ0) is 12.3. The summed E-state index contributed by atoms with van der Waals surface area (Å²) in [4.78, 5) is 27.0. The maximum atomic E-state index is 11.7. The van der Waals surface area contributed by atoms with Gasteiger partial charge in [-0.25, -0.2) is 9.78 Å². The van der Waals surface area contributed by atoms with E-state index in [1.165, 1.54) is 29.7 Å². The van der Waals surface area contributed by atoms with E-state index in [0.29, 0.717) is 4.88 Å². The number of hydrogen-bond donors (Lipinski definition) is 2. The second-order valence-corrected chi connectivity index (χ2v) is 4.08. The highest BCUT2D eigenvalue weighted by atomic mass is 32.1. The van der Waals surface area contributed by atoms with Crippen LogP contribution in [0, 0.1) is 0 Å². The molecule has 2 aromatic heterocycles. The van der Waals surface area contributed by atoms with Crippen LogP contribution in [0.4, 0.5) is 5.82 Å². The number of carbonyl (C=O) groups is 2. The molecule has 86 valence electrons. The Labute approximate surface area is 101 Å². The molecule has 0 saturated heterocycles. The first-order valence-electron chi connectivity index (χ1n) is 4.71. The zero-order valence-electron chi connectivity index (χ0n) is 8.58. The summed E-state index contributed by atoms with van der Waals surface area (Å²) in [5, 5.41) is 13.2. The fourth-order valence-electron chi connectivity index (χ4n) is 1.25. The number of aromatic carboxylic acids is 1. The average Bonchev–Trinajstić information content (AvgIpc) is 2.83. The Morgan fingerprint density at radius 1 is 1.29 bits per heavy atom. The molecule has 1 amide bonds. The van der Waals surface area contributed by atoms with Gasteiger partial charge in [0.2, 0.25) is 0 Å². The van der Waals surface area contributed by atoms with E-state index in [1.807, 2.05) is 0 Å². The Kier molecular flexibility index (Phi) is 3.15. The van der Waals surface area contributed by atoms with Crippen LogP contribution in [-0.2, 0) is 0 Å². The van der Waals surface area contributed by atoms with Crippen molar-refractivity contribution in [3.05, 3.63) is 46.3 Å². The minimum atomic E-state index is -1.13. The summed E-state index contributed by atoms with van der Waals surface area (Å²) in [6, 6.07) is 6.29. The maximum absolute atomic E-state index is 11.7. The Morgan fingerprint density at radius 3 is 2.76 bits per heavy atom. The smallest absolute Gasteiger partial charge is 0.339 e. The molecule has 5 nitrogen and oxygen atoms in total. The summed E-state index contributed by atoms with van der Waals surface area (Å²) >= 11 is 1.28. The fraction of sp³-hybridized carbons (Fsp3) is 0. The van der Waals surface area contributed by atoms with Gasteiger partial charge >= 0.3 is 5.97 Å². The van der Waals surface area contributed by atoms with E-state index >= 15 is 0 Å². The van der Waals surface area contributed by atoms with Crippen molar-refractivity contribution in [2.24, 2.45) is 0 Å². The van der Waals surface area contributed by atoms with Crippen LogP contribution in [0.3, 0.4) is 0 Å². The molecular weight excluding hydrogens is 240 g/mol. The molecule has 0 aliphatic rings. The van der Waals surface area contributed by atoms with Gasteiger partial charge in [-0.15, -0.1) is 11.3 Å². The number of rotatable bonds is 3. The van der Waals surface area contributed by atoms with Crippen molar-refractivity contribution in [3.8, 4) is 0 Å². The molecule has 2 heterocycles. The highest BCUT2D eigenvalue weighted by Crippen LogP contribution is 2.15. The van der Waals surface area contributed by atoms with Crippen molar-refractivity contribution in [2.45, 2.75) is 0 Å². The van der Waals surface area contributed by atoms with Crippen LogP contribution in [0.25, 0.3) is 0 Å². The first kappa shape index (κ1) is 11.3. The Hall–Kier alpha value is -2.21. The van der Waals surface area contributed by atoms with Crippen molar-refractivity contribution in [1.29, 1.82) is 0 Å². The summed E-state index contributed by atoms with van der Waals surface area (Å²) in [6.45, 7) is 0. The number of hydrogen-bond acceptors (Lipinski definition) is 4. The SMILES string of the molecule is O=C(Nc1ncccc1C(=O)O)c1cccs1. The number of nitrogens with zero attached hydrogens (tertiary/aromatic N) is 1. The van der Waals surface area contributed by atoms with Crippen LogP contribution in [-0.4, -0.2) is 22.0 Å². The van der Waals surface area contributed by atoms with Crippen LogP contribution in [0.15, 0.2) is 35.8 Å². The summed E-state index contributed by atoms with van der Waals surface area (Å²) in [5.74, 6) is -1.43. The molecule has 0 atom stereocenters. The topological polar surface area (TPSA) is 79.3 Å². The number of carboxylic acid groups (broad SMARTS) is 1. The third kappa shape index (κ3) is 2.48. The number of thiophene rings is 1. The first-order valence-corrected chi connectivity index (χ1v) is 5.59. The lowest BCUT2D eigenvalue weighted by Gasteiger charge is -2.05. The molecule has 17 heavy (non-hydrogen) atoms. The van der Waals surface area contributed by atoms with Gasteiger partial charge in [0.05, 0.1) is 4.88 Å². The normalized spacial score (nSPS) is 9.88. The molecule has 0 aliphatic heterocycles. The van der Waals surface area contributed by atoms with E-state index in [0.717, 1.165) is 0 Å². The van der Waals surface area contributed by atoms with E-state index in [1.54, 1.807) is 17.5 Å². The lowest BCUT2D eigenvalue weighted by molar-refractivity contribution is 0.0697. The Morgan fingerprint density at radius 2 is 2.12 bits per heavy atom. The average molecular weight is 248 g/mol. The molecule has 2 aromatic rings. The largest absolute Gasteiger partial charge is 0.478 e. The lowest BCUT2D eigenvalue weighted by Crippen LogP contribution is -2.14. The van der Waals surface area contributed by atoms with Crippen LogP contribution in [0.2, 0.25) is 0 Å². The maximum Gasteiger partial charge on any atom is 0.339 e. The second kappa shape index (κ2) is 4.75. The van der Waals surface area contributed by atoms with Crippen LogP contribution < -0.4 is 5.32 Å². The van der Waals surface area contributed by atoms with Crippen molar-refractivity contribution in [2.75, 3.05) is 5.32 Å². The number of nitrogens with one attached hydrogen (secondary N) is 1. The lowest BCUT2D eigenvalue weighted by atomic mass is 10.2. The number of pyridine rings is 1. The van der Waals surface area contributed by atoms with Gasteiger partial charge < -0.3 is 10.4 Å².